The molecule has 0 amide bonds. The summed E-state index contributed by atoms with van der Waals surface area (Å²) in [5, 5.41) is 8.50. The van der Waals surface area contributed by atoms with Gasteiger partial charge in [0, 0.05) is 36.0 Å². The number of rotatable bonds is 14. The largest absolute Gasteiger partial charge is 0.481 e. The first-order valence-electron chi connectivity index (χ1n) is 8.30. The van der Waals surface area contributed by atoms with E-state index in [1.807, 2.05) is 0 Å². The van der Waals surface area contributed by atoms with Crippen LogP contribution >= 0.6 is 0 Å². The molecule has 0 aliphatic carbocycles. The van der Waals surface area contributed by atoms with Gasteiger partial charge < -0.3 is 5.11 Å². The summed E-state index contributed by atoms with van der Waals surface area (Å²) in [5.74, 6) is -0.672. The minimum absolute atomic E-state index is 0. The van der Waals surface area contributed by atoms with Crippen LogP contribution in [0, 0.1) is 0 Å². The molecule has 117 valence electrons. The molecular weight excluding hydrogens is 271 g/mol. The molecule has 0 unspecified atom stereocenters. The summed E-state index contributed by atoms with van der Waals surface area (Å²) < 4.78 is 0. The molecule has 0 saturated heterocycles. The first-order chi connectivity index (χ1) is 9.77. The zero-order valence-electron chi connectivity index (χ0n) is 14.2. The van der Waals surface area contributed by atoms with Gasteiger partial charge in [-0.25, -0.2) is 0 Å². The van der Waals surface area contributed by atoms with Crippen LogP contribution in [0.25, 0.3) is 0 Å². The first kappa shape index (κ1) is 23.2. The molecule has 0 saturated carbocycles. The molecule has 2 nitrogen and oxygen atoms in total. The Labute approximate surface area is 153 Å². The molecule has 0 aromatic heterocycles. The molecule has 0 aromatic carbocycles. The van der Waals surface area contributed by atoms with E-state index in [1.54, 1.807) is 0 Å². The fraction of sp³-hybridized carbons (Fsp3) is 0.722. The van der Waals surface area contributed by atoms with Crippen LogP contribution in [0.4, 0.5) is 0 Å². The quantitative estimate of drug-likeness (QED) is 0.261. The molecule has 3 heteroatoms. The van der Waals surface area contributed by atoms with Crippen LogP contribution in [0.5, 0.6) is 0 Å². The molecule has 0 spiro atoms. The first-order valence-corrected chi connectivity index (χ1v) is 8.30. The second kappa shape index (κ2) is 19.9. The molecule has 0 bridgehead atoms. The molecular formula is C18H32NaO2. The van der Waals surface area contributed by atoms with E-state index in [0.717, 1.165) is 25.7 Å². The van der Waals surface area contributed by atoms with Crippen LogP contribution in [0.2, 0.25) is 0 Å². The summed E-state index contributed by atoms with van der Waals surface area (Å²) in [5.41, 5.74) is 0. The normalized spacial score (nSPS) is 11.1. The second-order valence-corrected chi connectivity index (χ2v) is 5.41. The van der Waals surface area contributed by atoms with Crippen molar-refractivity contribution < 1.29 is 9.90 Å². The minimum atomic E-state index is -0.672. The molecule has 0 aromatic rings. The van der Waals surface area contributed by atoms with Gasteiger partial charge in [-0.15, -0.1) is 0 Å². The van der Waals surface area contributed by atoms with Gasteiger partial charge in [-0.1, -0.05) is 69.8 Å². The summed E-state index contributed by atoms with van der Waals surface area (Å²) >= 11 is 0. The van der Waals surface area contributed by atoms with Crippen LogP contribution in [-0.2, 0) is 4.79 Å². The minimum Gasteiger partial charge on any atom is -0.481 e. The maximum atomic E-state index is 10.3. The molecule has 21 heavy (non-hydrogen) atoms. The Morgan fingerprint density at radius 1 is 0.810 bits per heavy atom. The molecule has 0 aliphatic heterocycles. The summed E-state index contributed by atoms with van der Waals surface area (Å²) in [6, 6.07) is 0. The number of hydrogen-bond acceptors (Lipinski definition) is 1. The molecule has 1 radical (unpaired) electrons. The molecule has 0 rings (SSSR count). The SMILES string of the molecule is CCCCCC/C=C/C=C\CCCCCCCC(=O)O.[Na]. The maximum absolute atomic E-state index is 10.3. The Morgan fingerprint density at radius 2 is 1.29 bits per heavy atom. The van der Waals surface area contributed by atoms with E-state index in [1.165, 1.54) is 44.9 Å². The number of carbonyl (C=O) groups is 1. The fourth-order valence-corrected chi connectivity index (χ4v) is 2.11. The van der Waals surface area contributed by atoms with Crippen LogP contribution in [0.15, 0.2) is 24.3 Å². The van der Waals surface area contributed by atoms with Gasteiger partial charge in [0.2, 0.25) is 0 Å². The van der Waals surface area contributed by atoms with Crippen molar-refractivity contribution in [3.05, 3.63) is 24.3 Å². The van der Waals surface area contributed by atoms with Crippen molar-refractivity contribution in [1.82, 2.24) is 0 Å². The van der Waals surface area contributed by atoms with E-state index in [0.29, 0.717) is 6.42 Å². The summed E-state index contributed by atoms with van der Waals surface area (Å²) in [7, 11) is 0. The summed E-state index contributed by atoms with van der Waals surface area (Å²) in [6.07, 6.45) is 22.3. The molecule has 0 fully saturated rings. The zero-order chi connectivity index (χ0) is 14.9. The van der Waals surface area contributed by atoms with Crippen molar-refractivity contribution in [3.8, 4) is 0 Å². The van der Waals surface area contributed by atoms with E-state index in [2.05, 4.69) is 31.2 Å². The van der Waals surface area contributed by atoms with Crippen molar-refractivity contribution in [2.75, 3.05) is 0 Å². The zero-order valence-corrected chi connectivity index (χ0v) is 16.2. The number of carboxylic acids is 1. The Bertz CT molecular complexity index is 272. The molecule has 0 heterocycles. The van der Waals surface area contributed by atoms with E-state index in [-0.39, 0.29) is 29.6 Å². The van der Waals surface area contributed by atoms with Gasteiger partial charge in [0.05, 0.1) is 0 Å². The van der Waals surface area contributed by atoms with Gasteiger partial charge in [-0.3, -0.25) is 4.79 Å². The number of unbranched alkanes of at least 4 members (excludes halogenated alkanes) is 9. The Morgan fingerprint density at radius 3 is 1.81 bits per heavy atom. The van der Waals surface area contributed by atoms with E-state index < -0.39 is 5.97 Å². The van der Waals surface area contributed by atoms with Crippen LogP contribution in [-0.4, -0.2) is 40.6 Å². The second-order valence-electron chi connectivity index (χ2n) is 5.41. The Balaban J connectivity index is 0. The topological polar surface area (TPSA) is 37.3 Å². The van der Waals surface area contributed by atoms with Gasteiger partial charge in [-0.05, 0) is 32.1 Å². The van der Waals surface area contributed by atoms with Crippen LogP contribution in [0.3, 0.4) is 0 Å². The fourth-order valence-electron chi connectivity index (χ4n) is 2.11. The van der Waals surface area contributed by atoms with E-state index >= 15 is 0 Å². The van der Waals surface area contributed by atoms with Gasteiger partial charge >= 0.3 is 5.97 Å². The standard InChI is InChI=1S/C18H32O2.Na/c1-2-3-4-5-6-7-8-9-10-11-12-13-14-15-16-17-18(19)20;/h7-10H,2-6,11-17H2,1H3,(H,19,20);/b8-7+,10-9-;. The smallest absolute Gasteiger partial charge is 0.303 e. The molecule has 1 N–H and O–H groups in total. The van der Waals surface area contributed by atoms with Crippen molar-refractivity contribution in [2.45, 2.75) is 84.0 Å². The Hall–Kier alpha value is -0.0500. The van der Waals surface area contributed by atoms with Crippen LogP contribution in [0.1, 0.15) is 84.0 Å². The van der Waals surface area contributed by atoms with Crippen molar-refractivity contribution in [3.63, 3.8) is 0 Å². The summed E-state index contributed by atoms with van der Waals surface area (Å²) in [4.78, 5) is 10.3. The van der Waals surface area contributed by atoms with Gasteiger partial charge in [0.15, 0.2) is 0 Å². The Kier molecular flexibility index (Phi) is 22.1. The average Bonchev–Trinajstić information content (AvgIpc) is 2.43. The third-order valence-electron chi connectivity index (χ3n) is 3.37. The van der Waals surface area contributed by atoms with Crippen LogP contribution < -0.4 is 0 Å². The molecule has 0 atom stereocenters. The number of carboxylic acid groups (broad SMARTS) is 1. The van der Waals surface area contributed by atoms with Gasteiger partial charge in [0.25, 0.3) is 0 Å². The van der Waals surface area contributed by atoms with Crippen molar-refractivity contribution in [1.29, 1.82) is 0 Å². The monoisotopic (exact) mass is 303 g/mol. The third-order valence-corrected chi connectivity index (χ3v) is 3.37. The van der Waals surface area contributed by atoms with Crippen molar-refractivity contribution >= 4 is 35.5 Å². The number of aliphatic carboxylic acids is 1. The number of hydrogen-bond donors (Lipinski definition) is 1. The van der Waals surface area contributed by atoms with Crippen molar-refractivity contribution in [2.24, 2.45) is 0 Å². The summed E-state index contributed by atoms with van der Waals surface area (Å²) in [6.45, 7) is 2.24. The maximum Gasteiger partial charge on any atom is 0.303 e. The third kappa shape index (κ3) is 22.4. The predicted molar refractivity (Wildman–Crippen MR) is 92.7 cm³/mol. The average molecular weight is 303 g/mol. The van der Waals surface area contributed by atoms with E-state index in [9.17, 15) is 4.79 Å². The van der Waals surface area contributed by atoms with Gasteiger partial charge in [-0.2, -0.15) is 0 Å². The molecule has 0 aliphatic rings. The predicted octanol–water partition coefficient (Wildman–Crippen LogP) is 5.50. The number of allylic oxidation sites excluding steroid dienone is 4. The van der Waals surface area contributed by atoms with E-state index in [4.69, 9.17) is 5.11 Å². The van der Waals surface area contributed by atoms with Gasteiger partial charge in [0.1, 0.15) is 0 Å².